The molecule has 4 rings (SSSR count). The summed E-state index contributed by atoms with van der Waals surface area (Å²) in [4.78, 5) is 25.0. The standard InChI is InChI=1S/C20H21N3O3S/c1-13-14(2)27-20-18(13)19(26-16-5-3-4-15(10-16)12-24)21-17(22-20)11-23-6-8-25-9-7-23/h3-5,10,12H,6-9,11H2,1-2H3. The van der Waals surface area contributed by atoms with E-state index in [-0.39, 0.29) is 0 Å². The quantitative estimate of drug-likeness (QED) is 0.625. The van der Waals surface area contributed by atoms with Gasteiger partial charge >= 0.3 is 0 Å². The van der Waals surface area contributed by atoms with E-state index in [1.807, 2.05) is 6.07 Å². The molecule has 3 heterocycles. The molecule has 0 amide bonds. The minimum atomic E-state index is 0.549. The lowest BCUT2D eigenvalue weighted by atomic mass is 10.2. The summed E-state index contributed by atoms with van der Waals surface area (Å²) in [6.45, 7) is 8.04. The van der Waals surface area contributed by atoms with Crippen molar-refractivity contribution in [2.24, 2.45) is 0 Å². The molecule has 140 valence electrons. The van der Waals surface area contributed by atoms with Crippen LogP contribution in [0.3, 0.4) is 0 Å². The molecule has 0 bridgehead atoms. The maximum absolute atomic E-state index is 11.1. The largest absolute Gasteiger partial charge is 0.438 e. The smallest absolute Gasteiger partial charge is 0.231 e. The van der Waals surface area contributed by atoms with Crippen LogP contribution in [0.15, 0.2) is 24.3 Å². The number of rotatable bonds is 5. The van der Waals surface area contributed by atoms with E-state index < -0.39 is 0 Å². The normalized spacial score (nSPS) is 15.2. The predicted octanol–water partition coefficient (Wildman–Crippen LogP) is 3.75. The second-order valence-corrected chi connectivity index (χ2v) is 7.79. The number of carbonyl (C=O) groups is 1. The van der Waals surface area contributed by atoms with Crippen molar-refractivity contribution in [3.63, 3.8) is 0 Å². The van der Waals surface area contributed by atoms with Crippen LogP contribution in [0, 0.1) is 13.8 Å². The molecule has 3 aromatic rings. The van der Waals surface area contributed by atoms with Gasteiger partial charge in [0.25, 0.3) is 0 Å². The van der Waals surface area contributed by atoms with Gasteiger partial charge in [0.1, 0.15) is 22.7 Å². The molecule has 0 unspecified atom stereocenters. The number of fused-ring (bicyclic) bond motifs is 1. The number of ether oxygens (including phenoxy) is 2. The fraction of sp³-hybridized carbons (Fsp3) is 0.350. The monoisotopic (exact) mass is 383 g/mol. The number of aryl methyl sites for hydroxylation is 2. The Hall–Kier alpha value is -2.35. The second-order valence-electron chi connectivity index (χ2n) is 6.59. The number of aromatic nitrogens is 2. The number of benzene rings is 1. The van der Waals surface area contributed by atoms with Crippen molar-refractivity contribution >= 4 is 27.8 Å². The van der Waals surface area contributed by atoms with Crippen LogP contribution in [0.1, 0.15) is 26.6 Å². The van der Waals surface area contributed by atoms with Crippen molar-refractivity contribution < 1.29 is 14.3 Å². The molecule has 1 aliphatic heterocycles. The molecule has 0 N–H and O–H groups in total. The van der Waals surface area contributed by atoms with Crippen LogP contribution in [0.4, 0.5) is 0 Å². The van der Waals surface area contributed by atoms with Crippen molar-refractivity contribution in [3.8, 4) is 11.6 Å². The number of aldehydes is 1. The molecule has 6 nitrogen and oxygen atoms in total. The van der Waals surface area contributed by atoms with Crippen molar-refractivity contribution in [3.05, 3.63) is 46.1 Å². The molecular weight excluding hydrogens is 362 g/mol. The van der Waals surface area contributed by atoms with Crippen LogP contribution in [-0.4, -0.2) is 47.5 Å². The summed E-state index contributed by atoms with van der Waals surface area (Å²) < 4.78 is 11.5. The summed E-state index contributed by atoms with van der Waals surface area (Å²) in [6.07, 6.45) is 0.812. The molecule has 0 aliphatic carbocycles. The average Bonchev–Trinajstić information content (AvgIpc) is 2.97. The molecule has 0 atom stereocenters. The van der Waals surface area contributed by atoms with E-state index in [1.165, 1.54) is 4.88 Å². The Morgan fingerprint density at radius 3 is 2.85 bits per heavy atom. The zero-order valence-electron chi connectivity index (χ0n) is 15.4. The number of morpholine rings is 1. The minimum Gasteiger partial charge on any atom is -0.438 e. The summed E-state index contributed by atoms with van der Waals surface area (Å²) in [5, 5.41) is 0.944. The Morgan fingerprint density at radius 1 is 1.26 bits per heavy atom. The third-order valence-electron chi connectivity index (χ3n) is 4.72. The van der Waals surface area contributed by atoms with Gasteiger partial charge in [0.05, 0.1) is 25.1 Å². The van der Waals surface area contributed by atoms with Crippen molar-refractivity contribution in [2.75, 3.05) is 26.3 Å². The van der Waals surface area contributed by atoms with Crippen molar-refractivity contribution in [2.45, 2.75) is 20.4 Å². The Morgan fingerprint density at radius 2 is 2.07 bits per heavy atom. The van der Waals surface area contributed by atoms with Gasteiger partial charge in [-0.2, -0.15) is 4.98 Å². The molecule has 0 radical (unpaired) electrons. The van der Waals surface area contributed by atoms with Crippen LogP contribution >= 0.6 is 11.3 Å². The molecule has 0 saturated carbocycles. The molecule has 1 aliphatic rings. The molecule has 0 spiro atoms. The molecule has 2 aromatic heterocycles. The Balaban J connectivity index is 1.72. The van der Waals surface area contributed by atoms with Gasteiger partial charge in [0.15, 0.2) is 0 Å². The number of carbonyl (C=O) groups excluding carboxylic acids is 1. The van der Waals surface area contributed by atoms with Gasteiger partial charge in [0.2, 0.25) is 5.88 Å². The molecule has 1 saturated heterocycles. The van der Waals surface area contributed by atoms with Gasteiger partial charge in [0, 0.05) is 23.5 Å². The lowest BCUT2D eigenvalue weighted by Crippen LogP contribution is -2.36. The van der Waals surface area contributed by atoms with E-state index in [2.05, 4.69) is 18.7 Å². The predicted molar refractivity (Wildman–Crippen MR) is 105 cm³/mol. The fourth-order valence-electron chi connectivity index (χ4n) is 3.12. The Kier molecular flexibility index (Phi) is 5.15. The zero-order chi connectivity index (χ0) is 18.8. The number of hydrogen-bond acceptors (Lipinski definition) is 7. The van der Waals surface area contributed by atoms with Crippen LogP contribution in [0.25, 0.3) is 10.2 Å². The third-order valence-corrected chi connectivity index (χ3v) is 5.82. The first-order valence-corrected chi connectivity index (χ1v) is 9.75. The number of thiophene rings is 1. The van der Waals surface area contributed by atoms with Crippen LogP contribution in [0.2, 0.25) is 0 Å². The molecule has 1 fully saturated rings. The molecule has 1 aromatic carbocycles. The van der Waals surface area contributed by atoms with E-state index in [0.29, 0.717) is 23.7 Å². The maximum atomic E-state index is 11.1. The van der Waals surface area contributed by atoms with Gasteiger partial charge < -0.3 is 9.47 Å². The van der Waals surface area contributed by atoms with E-state index in [4.69, 9.17) is 19.4 Å². The highest BCUT2D eigenvalue weighted by molar-refractivity contribution is 7.18. The summed E-state index contributed by atoms with van der Waals surface area (Å²) in [5.41, 5.74) is 1.71. The van der Waals surface area contributed by atoms with Gasteiger partial charge in [-0.1, -0.05) is 12.1 Å². The zero-order valence-corrected chi connectivity index (χ0v) is 16.2. The van der Waals surface area contributed by atoms with E-state index >= 15 is 0 Å². The molecule has 27 heavy (non-hydrogen) atoms. The lowest BCUT2D eigenvalue weighted by Gasteiger charge is -2.25. The van der Waals surface area contributed by atoms with Crippen LogP contribution < -0.4 is 4.74 Å². The summed E-state index contributed by atoms with van der Waals surface area (Å²) in [6, 6.07) is 7.10. The first-order valence-electron chi connectivity index (χ1n) is 8.94. The highest BCUT2D eigenvalue weighted by Crippen LogP contribution is 2.36. The van der Waals surface area contributed by atoms with Gasteiger partial charge in [-0.25, -0.2) is 4.98 Å². The van der Waals surface area contributed by atoms with E-state index in [1.54, 1.807) is 29.5 Å². The van der Waals surface area contributed by atoms with Gasteiger partial charge in [-0.05, 0) is 31.5 Å². The SMILES string of the molecule is Cc1sc2nc(CN3CCOCC3)nc(Oc3cccc(C=O)c3)c2c1C. The van der Waals surface area contributed by atoms with Gasteiger partial charge in [-0.3, -0.25) is 9.69 Å². The van der Waals surface area contributed by atoms with Gasteiger partial charge in [-0.15, -0.1) is 11.3 Å². The topological polar surface area (TPSA) is 64.6 Å². The molecular formula is C20H21N3O3S. The Labute approximate surface area is 161 Å². The van der Waals surface area contributed by atoms with Crippen LogP contribution in [0.5, 0.6) is 11.6 Å². The average molecular weight is 383 g/mol. The van der Waals surface area contributed by atoms with Crippen LogP contribution in [-0.2, 0) is 11.3 Å². The molecule has 7 heteroatoms. The number of nitrogens with zero attached hydrogens (tertiary/aromatic N) is 3. The summed E-state index contributed by atoms with van der Waals surface area (Å²) >= 11 is 1.66. The number of hydrogen-bond donors (Lipinski definition) is 0. The fourth-order valence-corrected chi connectivity index (χ4v) is 4.16. The maximum Gasteiger partial charge on any atom is 0.231 e. The third kappa shape index (κ3) is 3.85. The first kappa shape index (κ1) is 18.0. The second kappa shape index (κ2) is 7.72. The van der Waals surface area contributed by atoms with Crippen molar-refractivity contribution in [1.29, 1.82) is 0 Å². The van der Waals surface area contributed by atoms with E-state index in [0.717, 1.165) is 54.2 Å². The highest BCUT2D eigenvalue weighted by atomic mass is 32.1. The lowest BCUT2D eigenvalue weighted by molar-refractivity contribution is 0.0330. The minimum absolute atomic E-state index is 0.549. The Bertz CT molecular complexity index is 980. The first-order chi connectivity index (χ1) is 13.1. The summed E-state index contributed by atoms with van der Waals surface area (Å²) in [5.74, 6) is 1.89. The van der Waals surface area contributed by atoms with E-state index in [9.17, 15) is 4.79 Å². The summed E-state index contributed by atoms with van der Waals surface area (Å²) in [7, 11) is 0. The van der Waals surface area contributed by atoms with Crippen molar-refractivity contribution in [1.82, 2.24) is 14.9 Å². The highest BCUT2D eigenvalue weighted by Gasteiger charge is 2.19.